The van der Waals surface area contributed by atoms with E-state index in [0.29, 0.717) is 16.9 Å². The Bertz CT molecular complexity index is 1280. The molecule has 0 aliphatic heterocycles. The van der Waals surface area contributed by atoms with Crippen LogP contribution >= 0.6 is 0 Å². The number of anilines is 1. The van der Waals surface area contributed by atoms with E-state index < -0.39 is 12.0 Å². The second-order valence-electron chi connectivity index (χ2n) is 7.56. The highest BCUT2D eigenvalue weighted by Crippen LogP contribution is 2.29. The minimum absolute atomic E-state index is 0.282. The molecule has 0 unspecified atom stereocenters. The zero-order valence-corrected chi connectivity index (χ0v) is 17.7. The van der Waals surface area contributed by atoms with Gasteiger partial charge in [-0.05, 0) is 48.2 Å². The molecule has 0 saturated heterocycles. The molecular formula is C24H23N5O3. The first kappa shape index (κ1) is 21.2. The Morgan fingerprint density at radius 1 is 1.12 bits per heavy atom. The SMILES string of the molecule is Cc1c(NC(=O)c2cc(CN[C@@H](C)C(=O)O)cn3cnnc23)cccc1-c1ccccc1. The summed E-state index contributed by atoms with van der Waals surface area (Å²) in [5.41, 5.74) is 5.29. The minimum atomic E-state index is -0.942. The molecule has 0 aliphatic rings. The summed E-state index contributed by atoms with van der Waals surface area (Å²) in [5.74, 6) is -1.26. The van der Waals surface area contributed by atoms with Gasteiger partial charge in [0.15, 0.2) is 5.65 Å². The third kappa shape index (κ3) is 4.35. The number of aromatic nitrogens is 3. The van der Waals surface area contributed by atoms with Gasteiger partial charge in [0.1, 0.15) is 12.4 Å². The number of nitrogens with one attached hydrogen (secondary N) is 2. The Morgan fingerprint density at radius 2 is 1.91 bits per heavy atom. The van der Waals surface area contributed by atoms with E-state index in [9.17, 15) is 9.59 Å². The lowest BCUT2D eigenvalue weighted by Crippen LogP contribution is -2.33. The molecular weight excluding hydrogens is 406 g/mol. The molecule has 0 radical (unpaired) electrons. The van der Waals surface area contributed by atoms with Crippen LogP contribution in [0.15, 0.2) is 67.1 Å². The Balaban J connectivity index is 1.63. The van der Waals surface area contributed by atoms with Gasteiger partial charge in [0.25, 0.3) is 5.91 Å². The van der Waals surface area contributed by atoms with Gasteiger partial charge < -0.3 is 15.7 Å². The van der Waals surface area contributed by atoms with Crippen molar-refractivity contribution in [3.05, 3.63) is 83.8 Å². The van der Waals surface area contributed by atoms with Crippen LogP contribution in [0.25, 0.3) is 16.8 Å². The lowest BCUT2D eigenvalue weighted by Gasteiger charge is -2.14. The standard InChI is InChI=1S/C24H23N5O3/c1-15-19(18-7-4-3-5-8-18)9-6-10-21(15)27-23(30)20-11-17(12-25-16(2)24(31)32)13-29-14-26-28-22(20)29/h3-11,13-14,16,25H,12H2,1-2H3,(H,27,30)(H,31,32)/t16-/m0/s1. The number of carbonyl (C=O) groups excluding carboxylic acids is 1. The van der Waals surface area contributed by atoms with Crippen molar-refractivity contribution in [2.24, 2.45) is 0 Å². The molecule has 0 saturated carbocycles. The number of hydrogen-bond donors (Lipinski definition) is 3. The van der Waals surface area contributed by atoms with Gasteiger partial charge in [0, 0.05) is 18.4 Å². The van der Waals surface area contributed by atoms with E-state index in [0.717, 1.165) is 22.3 Å². The number of aliphatic carboxylic acids is 1. The molecule has 8 nitrogen and oxygen atoms in total. The average Bonchev–Trinajstić information content (AvgIpc) is 3.27. The fourth-order valence-electron chi connectivity index (χ4n) is 3.51. The molecule has 0 spiro atoms. The number of carboxylic acid groups (broad SMARTS) is 1. The highest BCUT2D eigenvalue weighted by atomic mass is 16.4. The fourth-order valence-corrected chi connectivity index (χ4v) is 3.51. The lowest BCUT2D eigenvalue weighted by atomic mass is 9.99. The van der Waals surface area contributed by atoms with Crippen LogP contribution in [-0.4, -0.2) is 37.6 Å². The van der Waals surface area contributed by atoms with Crippen molar-refractivity contribution in [1.29, 1.82) is 0 Å². The number of hydrogen-bond acceptors (Lipinski definition) is 5. The van der Waals surface area contributed by atoms with E-state index in [-0.39, 0.29) is 12.5 Å². The molecule has 3 N–H and O–H groups in total. The number of amides is 1. The van der Waals surface area contributed by atoms with Gasteiger partial charge in [0.2, 0.25) is 0 Å². The first-order chi connectivity index (χ1) is 15.4. The monoisotopic (exact) mass is 429 g/mol. The molecule has 1 amide bonds. The van der Waals surface area contributed by atoms with Crippen molar-refractivity contribution in [3.8, 4) is 11.1 Å². The number of rotatable bonds is 7. The third-order valence-electron chi connectivity index (χ3n) is 5.34. The third-order valence-corrected chi connectivity index (χ3v) is 5.34. The quantitative estimate of drug-likeness (QED) is 0.415. The Labute approximate surface area is 184 Å². The molecule has 32 heavy (non-hydrogen) atoms. The Hall–Kier alpha value is -4.04. The first-order valence-electron chi connectivity index (χ1n) is 10.2. The Kier molecular flexibility index (Phi) is 5.96. The number of fused-ring (bicyclic) bond motifs is 1. The van der Waals surface area contributed by atoms with Gasteiger partial charge in [-0.3, -0.25) is 14.0 Å². The summed E-state index contributed by atoms with van der Waals surface area (Å²) < 4.78 is 1.66. The predicted molar refractivity (Wildman–Crippen MR) is 121 cm³/mol. The lowest BCUT2D eigenvalue weighted by molar-refractivity contribution is -0.139. The van der Waals surface area contributed by atoms with Gasteiger partial charge >= 0.3 is 5.97 Å². The summed E-state index contributed by atoms with van der Waals surface area (Å²) in [6.07, 6.45) is 3.28. The van der Waals surface area contributed by atoms with Gasteiger partial charge in [-0.1, -0.05) is 42.5 Å². The summed E-state index contributed by atoms with van der Waals surface area (Å²) in [6.45, 7) is 3.82. The van der Waals surface area contributed by atoms with Crippen LogP contribution in [0.4, 0.5) is 5.69 Å². The average molecular weight is 429 g/mol. The van der Waals surface area contributed by atoms with Crippen LogP contribution in [0.3, 0.4) is 0 Å². The second kappa shape index (κ2) is 8.99. The second-order valence-corrected chi connectivity index (χ2v) is 7.56. The molecule has 2 aromatic heterocycles. The van der Waals surface area contributed by atoms with E-state index in [1.54, 1.807) is 23.6 Å². The molecule has 8 heteroatoms. The zero-order valence-electron chi connectivity index (χ0n) is 17.7. The van der Waals surface area contributed by atoms with Crippen molar-refractivity contribution in [3.63, 3.8) is 0 Å². The summed E-state index contributed by atoms with van der Waals surface area (Å²) in [6, 6.07) is 16.8. The molecule has 0 aliphatic carbocycles. The molecule has 2 heterocycles. The molecule has 2 aromatic carbocycles. The van der Waals surface area contributed by atoms with Crippen LogP contribution in [0.1, 0.15) is 28.4 Å². The Morgan fingerprint density at radius 3 is 2.66 bits per heavy atom. The molecule has 4 aromatic rings. The van der Waals surface area contributed by atoms with Crippen LogP contribution in [0.2, 0.25) is 0 Å². The van der Waals surface area contributed by atoms with E-state index in [4.69, 9.17) is 5.11 Å². The normalized spacial score (nSPS) is 11.9. The predicted octanol–water partition coefficient (Wildman–Crippen LogP) is 3.52. The highest BCUT2D eigenvalue weighted by Gasteiger charge is 2.17. The van der Waals surface area contributed by atoms with E-state index >= 15 is 0 Å². The largest absolute Gasteiger partial charge is 0.480 e. The fraction of sp³-hybridized carbons (Fsp3) is 0.167. The van der Waals surface area contributed by atoms with Crippen LogP contribution < -0.4 is 10.6 Å². The van der Waals surface area contributed by atoms with Crippen molar-refractivity contribution >= 4 is 23.2 Å². The maximum Gasteiger partial charge on any atom is 0.320 e. The molecule has 1 atom stereocenters. The maximum absolute atomic E-state index is 13.2. The van der Waals surface area contributed by atoms with Crippen LogP contribution in [0.5, 0.6) is 0 Å². The van der Waals surface area contributed by atoms with Crippen molar-refractivity contribution < 1.29 is 14.7 Å². The topological polar surface area (TPSA) is 109 Å². The minimum Gasteiger partial charge on any atom is -0.480 e. The van der Waals surface area contributed by atoms with Crippen LogP contribution in [-0.2, 0) is 11.3 Å². The summed E-state index contributed by atoms with van der Waals surface area (Å²) in [4.78, 5) is 24.3. The van der Waals surface area contributed by atoms with Crippen molar-refractivity contribution in [2.75, 3.05) is 5.32 Å². The van der Waals surface area contributed by atoms with E-state index in [2.05, 4.69) is 20.8 Å². The number of pyridine rings is 1. The number of benzene rings is 2. The van der Waals surface area contributed by atoms with Gasteiger partial charge in [-0.15, -0.1) is 10.2 Å². The van der Waals surface area contributed by atoms with Gasteiger partial charge in [0.05, 0.1) is 5.56 Å². The van der Waals surface area contributed by atoms with Crippen molar-refractivity contribution in [2.45, 2.75) is 26.4 Å². The van der Waals surface area contributed by atoms with Crippen LogP contribution in [0, 0.1) is 6.92 Å². The highest BCUT2D eigenvalue weighted by molar-refractivity contribution is 6.09. The zero-order chi connectivity index (χ0) is 22.7. The summed E-state index contributed by atoms with van der Waals surface area (Å²) in [7, 11) is 0. The van der Waals surface area contributed by atoms with Crippen molar-refractivity contribution in [1.82, 2.24) is 19.9 Å². The number of carboxylic acids is 1. The number of nitrogens with zero attached hydrogens (tertiary/aromatic N) is 3. The molecule has 0 fully saturated rings. The van der Waals surface area contributed by atoms with E-state index in [1.165, 1.54) is 6.33 Å². The smallest absolute Gasteiger partial charge is 0.320 e. The summed E-state index contributed by atoms with van der Waals surface area (Å²) in [5, 5.41) is 23.0. The maximum atomic E-state index is 13.2. The molecule has 4 rings (SSSR count). The van der Waals surface area contributed by atoms with Gasteiger partial charge in [-0.25, -0.2) is 0 Å². The number of carbonyl (C=O) groups is 2. The first-order valence-corrected chi connectivity index (χ1v) is 10.2. The molecule has 0 bridgehead atoms. The summed E-state index contributed by atoms with van der Waals surface area (Å²) >= 11 is 0. The van der Waals surface area contributed by atoms with Gasteiger partial charge in [-0.2, -0.15) is 0 Å². The molecule has 162 valence electrons. The van der Waals surface area contributed by atoms with E-state index in [1.807, 2.05) is 55.5 Å².